The summed E-state index contributed by atoms with van der Waals surface area (Å²) in [6.07, 6.45) is 5.80. The van der Waals surface area contributed by atoms with Crippen LogP contribution in [0.5, 0.6) is 0 Å². The fourth-order valence-electron chi connectivity index (χ4n) is 4.16. The van der Waals surface area contributed by atoms with Crippen LogP contribution in [0.2, 0.25) is 5.02 Å². The summed E-state index contributed by atoms with van der Waals surface area (Å²) in [6, 6.07) is 16.5. The molecule has 0 aliphatic carbocycles. The summed E-state index contributed by atoms with van der Waals surface area (Å²) in [6.45, 7) is 2.98. The van der Waals surface area contributed by atoms with Crippen molar-refractivity contribution in [1.82, 2.24) is 9.97 Å². The van der Waals surface area contributed by atoms with Crippen molar-refractivity contribution in [3.8, 4) is 0 Å². The van der Waals surface area contributed by atoms with E-state index in [1.54, 1.807) is 0 Å². The van der Waals surface area contributed by atoms with E-state index in [-0.39, 0.29) is 11.6 Å². The molecule has 6 heteroatoms. The maximum atomic E-state index is 11.8. The Labute approximate surface area is 187 Å². The Hall–Kier alpha value is -2.92. The van der Waals surface area contributed by atoms with Crippen LogP contribution in [0.1, 0.15) is 58.5 Å². The predicted molar refractivity (Wildman–Crippen MR) is 123 cm³/mol. The molecule has 1 aliphatic rings. The highest BCUT2D eigenvalue weighted by Gasteiger charge is 2.29. The van der Waals surface area contributed by atoms with E-state index >= 15 is 0 Å². The van der Waals surface area contributed by atoms with Crippen molar-refractivity contribution in [1.29, 1.82) is 0 Å². The maximum Gasteiger partial charge on any atom is 0.339 e. The summed E-state index contributed by atoms with van der Waals surface area (Å²) >= 11 is 6.05. The lowest BCUT2D eigenvalue weighted by Crippen LogP contribution is -2.25. The Morgan fingerprint density at radius 3 is 2.48 bits per heavy atom. The zero-order valence-corrected chi connectivity index (χ0v) is 18.3. The normalized spacial score (nSPS) is 15.9. The zero-order chi connectivity index (χ0) is 21.8. The first-order valence-electron chi connectivity index (χ1n) is 10.7. The summed E-state index contributed by atoms with van der Waals surface area (Å²) in [4.78, 5) is 23.1. The molecule has 3 aromatic rings. The first kappa shape index (κ1) is 21.3. The molecule has 2 aromatic carbocycles. The molecule has 4 rings (SSSR count). The molecular formula is C25H26ClN3O2. The number of aryl methyl sites for hydroxylation is 3. The number of carboxylic acid groups (broad SMARTS) is 1. The van der Waals surface area contributed by atoms with Gasteiger partial charge in [-0.1, -0.05) is 54.9 Å². The number of nitrogens with zero attached hydrogens (tertiary/aromatic N) is 3. The van der Waals surface area contributed by atoms with Gasteiger partial charge >= 0.3 is 5.97 Å². The standard InChI is InChI=1S/C25H26ClN3O2/c1-2-17-5-7-18(8-6-17)9-14-22-21(24(30)31)16-27-25(28-22)29-15-3-4-23(29)19-10-12-20(26)13-11-19/h5-8,10-13,16,23H,2-4,9,14-15H2,1H3,(H,30,31). The smallest absolute Gasteiger partial charge is 0.339 e. The first-order valence-corrected chi connectivity index (χ1v) is 11.1. The van der Waals surface area contributed by atoms with Crippen molar-refractivity contribution in [3.63, 3.8) is 0 Å². The van der Waals surface area contributed by atoms with Crippen molar-refractivity contribution in [2.45, 2.75) is 45.1 Å². The molecule has 1 N–H and O–H groups in total. The zero-order valence-electron chi connectivity index (χ0n) is 17.6. The molecule has 1 fully saturated rings. The first-order chi connectivity index (χ1) is 15.0. The van der Waals surface area contributed by atoms with Gasteiger partial charge < -0.3 is 10.0 Å². The number of hydrogen-bond donors (Lipinski definition) is 1. The molecule has 31 heavy (non-hydrogen) atoms. The van der Waals surface area contributed by atoms with Crippen LogP contribution >= 0.6 is 11.6 Å². The molecule has 1 aromatic heterocycles. The third-order valence-electron chi connectivity index (χ3n) is 5.93. The molecule has 0 amide bonds. The molecule has 0 spiro atoms. The average Bonchev–Trinajstić information content (AvgIpc) is 3.28. The quantitative estimate of drug-likeness (QED) is 0.529. The predicted octanol–water partition coefficient (Wildman–Crippen LogP) is 5.52. The molecule has 1 unspecified atom stereocenters. The molecule has 160 valence electrons. The van der Waals surface area contributed by atoms with E-state index in [1.807, 2.05) is 24.3 Å². The number of aromatic carboxylic acids is 1. The molecule has 1 atom stereocenters. The van der Waals surface area contributed by atoms with Gasteiger partial charge in [0.2, 0.25) is 5.95 Å². The van der Waals surface area contributed by atoms with Crippen molar-refractivity contribution >= 4 is 23.5 Å². The van der Waals surface area contributed by atoms with E-state index in [2.05, 4.69) is 41.1 Å². The topological polar surface area (TPSA) is 66.3 Å². The monoisotopic (exact) mass is 435 g/mol. The van der Waals surface area contributed by atoms with Gasteiger partial charge in [-0.05, 0) is 60.9 Å². The van der Waals surface area contributed by atoms with Gasteiger partial charge in [0.05, 0.1) is 17.3 Å². The second-order valence-electron chi connectivity index (χ2n) is 7.91. The molecule has 5 nitrogen and oxygen atoms in total. The minimum Gasteiger partial charge on any atom is -0.478 e. The van der Waals surface area contributed by atoms with Crippen molar-refractivity contribution in [3.05, 3.63) is 87.7 Å². The van der Waals surface area contributed by atoms with E-state index in [0.717, 1.165) is 32.2 Å². The number of halogens is 1. The van der Waals surface area contributed by atoms with Gasteiger partial charge in [0, 0.05) is 17.8 Å². The van der Waals surface area contributed by atoms with Crippen molar-refractivity contribution < 1.29 is 9.90 Å². The molecular weight excluding hydrogens is 410 g/mol. The van der Waals surface area contributed by atoms with Crippen LogP contribution in [0.3, 0.4) is 0 Å². The molecule has 2 heterocycles. The number of aromatic nitrogens is 2. The molecule has 0 saturated carbocycles. The van der Waals surface area contributed by atoms with Crippen LogP contribution in [-0.2, 0) is 19.3 Å². The summed E-state index contributed by atoms with van der Waals surface area (Å²) < 4.78 is 0. The third-order valence-corrected chi connectivity index (χ3v) is 6.18. The fraction of sp³-hybridized carbons (Fsp3) is 0.320. The number of benzene rings is 2. The van der Waals surface area contributed by atoms with Gasteiger partial charge in [0.15, 0.2) is 0 Å². The summed E-state index contributed by atoms with van der Waals surface area (Å²) in [5.41, 5.74) is 4.40. The minimum absolute atomic E-state index is 0.169. The lowest BCUT2D eigenvalue weighted by molar-refractivity contribution is 0.0694. The van der Waals surface area contributed by atoms with Crippen LogP contribution < -0.4 is 4.90 Å². The number of carboxylic acids is 1. The summed E-state index contributed by atoms with van der Waals surface area (Å²) in [7, 11) is 0. The molecule has 0 radical (unpaired) electrons. The summed E-state index contributed by atoms with van der Waals surface area (Å²) in [5, 5.41) is 10.3. The highest BCUT2D eigenvalue weighted by atomic mass is 35.5. The highest BCUT2D eigenvalue weighted by Crippen LogP contribution is 2.35. The van der Waals surface area contributed by atoms with E-state index in [0.29, 0.717) is 23.1 Å². The average molecular weight is 436 g/mol. The van der Waals surface area contributed by atoms with Crippen molar-refractivity contribution in [2.24, 2.45) is 0 Å². The van der Waals surface area contributed by atoms with Gasteiger partial charge in [-0.15, -0.1) is 0 Å². The molecule has 0 bridgehead atoms. The molecule has 1 aliphatic heterocycles. The third kappa shape index (κ3) is 4.88. The maximum absolute atomic E-state index is 11.8. The van der Waals surface area contributed by atoms with E-state index in [1.165, 1.54) is 22.9 Å². The molecule has 1 saturated heterocycles. The fourth-order valence-corrected chi connectivity index (χ4v) is 4.28. The Morgan fingerprint density at radius 2 is 1.81 bits per heavy atom. The van der Waals surface area contributed by atoms with Gasteiger partial charge in [0.25, 0.3) is 0 Å². The second-order valence-corrected chi connectivity index (χ2v) is 8.34. The highest BCUT2D eigenvalue weighted by molar-refractivity contribution is 6.30. The number of rotatable bonds is 7. The van der Waals surface area contributed by atoms with Gasteiger partial charge in [-0.2, -0.15) is 0 Å². The van der Waals surface area contributed by atoms with E-state index < -0.39 is 5.97 Å². The minimum atomic E-state index is -0.987. The van der Waals surface area contributed by atoms with Crippen LogP contribution in [-0.4, -0.2) is 27.6 Å². The summed E-state index contributed by atoms with van der Waals surface area (Å²) in [5.74, 6) is -0.391. The van der Waals surface area contributed by atoms with Gasteiger partial charge in [-0.25, -0.2) is 14.8 Å². The Bertz CT molecular complexity index is 1050. The number of anilines is 1. The van der Waals surface area contributed by atoms with Crippen molar-refractivity contribution in [2.75, 3.05) is 11.4 Å². The van der Waals surface area contributed by atoms with Crippen LogP contribution in [0.4, 0.5) is 5.95 Å². The SMILES string of the molecule is CCc1ccc(CCc2nc(N3CCCC3c3ccc(Cl)cc3)ncc2C(=O)O)cc1. The Balaban J connectivity index is 1.58. The largest absolute Gasteiger partial charge is 0.478 e. The van der Waals surface area contributed by atoms with Crippen LogP contribution in [0, 0.1) is 0 Å². The number of carbonyl (C=O) groups is 1. The number of hydrogen-bond acceptors (Lipinski definition) is 4. The second kappa shape index (κ2) is 9.48. The van der Waals surface area contributed by atoms with Crippen LogP contribution in [0.15, 0.2) is 54.7 Å². The van der Waals surface area contributed by atoms with E-state index in [4.69, 9.17) is 16.6 Å². The lowest BCUT2D eigenvalue weighted by atomic mass is 10.0. The Kier molecular flexibility index (Phi) is 6.52. The lowest BCUT2D eigenvalue weighted by Gasteiger charge is -2.25. The van der Waals surface area contributed by atoms with Gasteiger partial charge in [0.1, 0.15) is 0 Å². The Morgan fingerprint density at radius 1 is 1.10 bits per heavy atom. The van der Waals surface area contributed by atoms with Crippen LogP contribution in [0.25, 0.3) is 0 Å². The van der Waals surface area contributed by atoms with Gasteiger partial charge in [-0.3, -0.25) is 0 Å². The van der Waals surface area contributed by atoms with E-state index in [9.17, 15) is 9.90 Å².